The van der Waals surface area contributed by atoms with E-state index in [9.17, 15) is 13.2 Å². The van der Waals surface area contributed by atoms with Crippen molar-refractivity contribution in [2.24, 2.45) is 0 Å². The fourth-order valence-electron chi connectivity index (χ4n) is 2.86. The van der Waals surface area contributed by atoms with Crippen LogP contribution in [0.25, 0.3) is 6.08 Å². The molecule has 1 N–H and O–H groups in total. The predicted molar refractivity (Wildman–Crippen MR) is 113 cm³/mol. The molecule has 0 radical (unpaired) electrons. The molecule has 150 valence electrons. The molecule has 0 aromatic heterocycles. The lowest BCUT2D eigenvalue weighted by Gasteiger charge is -2.17. The number of carbonyl (C=O) groups is 1. The molecule has 2 rings (SSSR count). The van der Waals surface area contributed by atoms with E-state index in [1.165, 1.54) is 30.0 Å². The highest BCUT2D eigenvalue weighted by Gasteiger charge is 2.16. The molecule has 5 nitrogen and oxygen atoms in total. The Morgan fingerprint density at radius 3 is 2.29 bits per heavy atom. The molecule has 0 heterocycles. The number of hydrogen-bond donors (Lipinski definition) is 1. The molecule has 1 unspecified atom stereocenters. The summed E-state index contributed by atoms with van der Waals surface area (Å²) in [6.45, 7) is 2.10. The van der Waals surface area contributed by atoms with Gasteiger partial charge in [-0.25, -0.2) is 12.7 Å². The maximum Gasteiger partial charge on any atom is 0.244 e. The van der Waals surface area contributed by atoms with Crippen LogP contribution in [-0.2, 0) is 21.2 Å². The van der Waals surface area contributed by atoms with Crippen molar-refractivity contribution in [3.05, 3.63) is 71.8 Å². The van der Waals surface area contributed by atoms with Gasteiger partial charge in [0, 0.05) is 26.2 Å². The molecule has 0 saturated carbocycles. The monoisotopic (exact) mass is 400 g/mol. The number of sulfonamides is 1. The van der Waals surface area contributed by atoms with Gasteiger partial charge in [0.15, 0.2) is 0 Å². The third-order valence-electron chi connectivity index (χ3n) is 4.39. The summed E-state index contributed by atoms with van der Waals surface area (Å²) in [4.78, 5) is 12.5. The Morgan fingerprint density at radius 1 is 1.07 bits per heavy atom. The van der Waals surface area contributed by atoms with Crippen LogP contribution in [-0.4, -0.2) is 38.8 Å². The first-order valence-corrected chi connectivity index (χ1v) is 10.8. The van der Waals surface area contributed by atoms with Crippen LogP contribution in [0.4, 0.5) is 0 Å². The summed E-state index contributed by atoms with van der Waals surface area (Å²) in [7, 11) is -0.456. The first-order valence-electron chi connectivity index (χ1n) is 9.38. The number of nitrogens with one attached hydrogen (secondary N) is 1. The smallest absolute Gasteiger partial charge is 0.244 e. The summed E-state index contributed by atoms with van der Waals surface area (Å²) in [5.74, 6) is -0.153. The average Bonchev–Trinajstić information content (AvgIpc) is 2.67. The van der Waals surface area contributed by atoms with Gasteiger partial charge >= 0.3 is 0 Å². The lowest BCUT2D eigenvalue weighted by Crippen LogP contribution is -2.35. The van der Waals surface area contributed by atoms with Crippen molar-refractivity contribution in [1.29, 1.82) is 0 Å². The quantitative estimate of drug-likeness (QED) is 0.656. The van der Waals surface area contributed by atoms with E-state index < -0.39 is 10.0 Å². The Morgan fingerprint density at radius 2 is 1.71 bits per heavy atom. The van der Waals surface area contributed by atoms with Gasteiger partial charge in [-0.2, -0.15) is 0 Å². The van der Waals surface area contributed by atoms with E-state index in [1.54, 1.807) is 30.3 Å². The summed E-state index contributed by atoms with van der Waals surface area (Å²) in [5.41, 5.74) is 1.96. The van der Waals surface area contributed by atoms with Crippen LogP contribution < -0.4 is 5.32 Å². The van der Waals surface area contributed by atoms with E-state index in [0.29, 0.717) is 0 Å². The second-order valence-corrected chi connectivity index (χ2v) is 9.03. The van der Waals surface area contributed by atoms with Gasteiger partial charge in [0.1, 0.15) is 0 Å². The number of amides is 1. The van der Waals surface area contributed by atoms with E-state index >= 15 is 0 Å². The van der Waals surface area contributed by atoms with Crippen LogP contribution in [0.15, 0.2) is 65.6 Å². The van der Waals surface area contributed by atoms with Crippen LogP contribution in [0.5, 0.6) is 0 Å². The molecule has 28 heavy (non-hydrogen) atoms. The Hall–Kier alpha value is -2.44. The minimum absolute atomic E-state index is 0.0807. The van der Waals surface area contributed by atoms with Crippen molar-refractivity contribution < 1.29 is 13.2 Å². The van der Waals surface area contributed by atoms with Gasteiger partial charge in [0.05, 0.1) is 4.90 Å². The predicted octanol–water partition coefficient (Wildman–Crippen LogP) is 3.48. The topological polar surface area (TPSA) is 66.5 Å². The van der Waals surface area contributed by atoms with Crippen molar-refractivity contribution in [1.82, 2.24) is 9.62 Å². The molecule has 1 amide bonds. The maximum absolute atomic E-state index is 12.3. The van der Waals surface area contributed by atoms with Gasteiger partial charge in [0.25, 0.3) is 0 Å². The highest BCUT2D eigenvalue weighted by molar-refractivity contribution is 7.89. The molecule has 0 aliphatic rings. The Bertz CT molecular complexity index is 889. The van der Waals surface area contributed by atoms with Gasteiger partial charge < -0.3 is 5.32 Å². The highest BCUT2D eigenvalue weighted by atomic mass is 32.2. The zero-order valence-corrected chi connectivity index (χ0v) is 17.4. The van der Waals surface area contributed by atoms with Gasteiger partial charge in [-0.1, -0.05) is 55.8 Å². The van der Waals surface area contributed by atoms with Gasteiger partial charge in [-0.05, 0) is 42.2 Å². The Labute approximate surface area is 168 Å². The largest absolute Gasteiger partial charge is 0.349 e. The zero-order chi connectivity index (χ0) is 20.6. The minimum atomic E-state index is -3.45. The molecule has 0 spiro atoms. The van der Waals surface area contributed by atoms with Gasteiger partial charge in [0.2, 0.25) is 15.9 Å². The average molecular weight is 401 g/mol. The molecule has 0 fully saturated rings. The fourth-order valence-corrected chi connectivity index (χ4v) is 3.76. The number of benzene rings is 2. The Kier molecular flexibility index (Phi) is 7.96. The van der Waals surface area contributed by atoms with Crippen LogP contribution in [0, 0.1) is 0 Å². The molecule has 6 heteroatoms. The lowest BCUT2D eigenvalue weighted by molar-refractivity contribution is -0.117. The summed E-state index contributed by atoms with van der Waals surface area (Å²) in [5, 5.41) is 3.06. The Balaban J connectivity index is 1.99. The van der Waals surface area contributed by atoms with Crippen molar-refractivity contribution in [2.75, 3.05) is 14.1 Å². The normalized spacial score (nSPS) is 13.0. The van der Waals surface area contributed by atoms with E-state index in [2.05, 4.69) is 24.4 Å². The van der Waals surface area contributed by atoms with Gasteiger partial charge in [-0.15, -0.1) is 0 Å². The molecule has 1 atom stereocenters. The number of carbonyl (C=O) groups excluding carboxylic acids is 1. The summed E-state index contributed by atoms with van der Waals surface area (Å²) in [6, 6.07) is 16.7. The van der Waals surface area contributed by atoms with E-state index in [0.717, 1.165) is 24.8 Å². The van der Waals surface area contributed by atoms with E-state index in [4.69, 9.17) is 0 Å². The molecule has 0 aliphatic heterocycles. The van der Waals surface area contributed by atoms with Crippen LogP contribution in [0.1, 0.15) is 30.9 Å². The highest BCUT2D eigenvalue weighted by Crippen LogP contribution is 2.15. The fraction of sp³-hybridized carbons (Fsp3) is 0.318. The van der Waals surface area contributed by atoms with Crippen LogP contribution in [0.3, 0.4) is 0 Å². The summed E-state index contributed by atoms with van der Waals surface area (Å²) in [6.07, 6.45) is 5.87. The van der Waals surface area contributed by atoms with Crippen LogP contribution in [0.2, 0.25) is 0 Å². The lowest BCUT2D eigenvalue weighted by atomic mass is 10.0. The standard InChI is InChI=1S/C22H28N2O3S/c1-4-8-20(17-19-9-6-5-7-10-19)23-22(25)16-13-18-11-14-21(15-12-18)28(26,27)24(2)3/h5-7,9-16,20H,4,8,17H2,1-3H3,(H,23,25)/b16-13+. The first-order chi connectivity index (χ1) is 13.3. The number of nitrogens with zero attached hydrogens (tertiary/aromatic N) is 1. The van der Waals surface area contributed by atoms with E-state index in [1.807, 2.05) is 18.2 Å². The molecular formula is C22H28N2O3S. The van der Waals surface area contributed by atoms with Gasteiger partial charge in [-0.3, -0.25) is 4.79 Å². The van der Waals surface area contributed by atoms with Crippen molar-refractivity contribution in [2.45, 2.75) is 37.1 Å². The van der Waals surface area contributed by atoms with Crippen molar-refractivity contribution >= 4 is 22.0 Å². The third-order valence-corrected chi connectivity index (χ3v) is 6.22. The zero-order valence-electron chi connectivity index (χ0n) is 16.6. The number of rotatable bonds is 9. The number of hydrogen-bond acceptors (Lipinski definition) is 3. The molecule has 0 aliphatic carbocycles. The molecular weight excluding hydrogens is 372 g/mol. The molecule has 2 aromatic rings. The third kappa shape index (κ3) is 6.32. The van der Waals surface area contributed by atoms with E-state index in [-0.39, 0.29) is 16.8 Å². The maximum atomic E-state index is 12.3. The molecule has 2 aromatic carbocycles. The minimum Gasteiger partial charge on any atom is -0.349 e. The first kappa shape index (κ1) is 21.9. The van der Waals surface area contributed by atoms with Crippen molar-refractivity contribution in [3.63, 3.8) is 0 Å². The van der Waals surface area contributed by atoms with Crippen LogP contribution >= 0.6 is 0 Å². The molecule has 0 saturated heterocycles. The SMILES string of the molecule is CCCC(Cc1ccccc1)NC(=O)/C=C/c1ccc(S(=O)(=O)N(C)C)cc1. The summed E-state index contributed by atoms with van der Waals surface area (Å²) < 4.78 is 25.3. The van der Waals surface area contributed by atoms with Crippen molar-refractivity contribution in [3.8, 4) is 0 Å². The second kappa shape index (κ2) is 10.2. The summed E-state index contributed by atoms with van der Waals surface area (Å²) >= 11 is 0. The molecule has 0 bridgehead atoms. The second-order valence-electron chi connectivity index (χ2n) is 6.87.